The summed E-state index contributed by atoms with van der Waals surface area (Å²) in [4.78, 5) is 25.5. The number of nitrogens with zero attached hydrogens (tertiary/aromatic N) is 5. The van der Waals surface area contributed by atoms with Crippen LogP contribution in [0.15, 0.2) is 17.8 Å². The number of carbonyl (C=O) groups excluding carboxylic acids is 1. The minimum Gasteiger partial charge on any atom is -0.450 e. The molecule has 0 bridgehead atoms. The third-order valence-electron chi connectivity index (χ3n) is 4.84. The highest BCUT2D eigenvalue weighted by atomic mass is 32.1. The molecule has 1 aliphatic carbocycles. The number of piperazine rings is 1. The first-order valence-electron chi connectivity index (χ1n) is 8.90. The van der Waals surface area contributed by atoms with E-state index in [1.807, 2.05) is 19.2 Å². The Bertz CT molecular complexity index is 938. The van der Waals surface area contributed by atoms with Gasteiger partial charge in [-0.2, -0.15) is 5.26 Å². The molecular weight excluding hydrogens is 362 g/mol. The van der Waals surface area contributed by atoms with E-state index in [4.69, 9.17) is 4.74 Å². The molecule has 7 nitrogen and oxygen atoms in total. The van der Waals surface area contributed by atoms with Crippen molar-refractivity contribution in [2.24, 2.45) is 0 Å². The third-order valence-corrected chi connectivity index (χ3v) is 5.74. The van der Waals surface area contributed by atoms with Gasteiger partial charge in [-0.05, 0) is 24.6 Å². The van der Waals surface area contributed by atoms with Crippen LogP contribution < -0.4 is 4.90 Å². The predicted octanol–water partition coefficient (Wildman–Crippen LogP) is 2.78. The van der Waals surface area contributed by atoms with Crippen LogP contribution in [0.3, 0.4) is 0 Å². The fourth-order valence-electron chi connectivity index (χ4n) is 3.53. The number of hydrogen-bond donors (Lipinski definition) is 0. The van der Waals surface area contributed by atoms with Gasteiger partial charge >= 0.3 is 6.09 Å². The number of anilines is 1. The Balaban J connectivity index is 1.55. The fourth-order valence-corrected chi connectivity index (χ4v) is 4.28. The van der Waals surface area contributed by atoms with Gasteiger partial charge in [-0.25, -0.2) is 9.78 Å². The molecule has 4 rings (SSSR count). The highest BCUT2D eigenvalue weighted by Gasteiger charge is 2.27. The van der Waals surface area contributed by atoms with E-state index < -0.39 is 0 Å². The molecule has 1 aliphatic heterocycles. The van der Waals surface area contributed by atoms with Crippen molar-refractivity contribution in [2.45, 2.75) is 13.3 Å². The van der Waals surface area contributed by atoms with E-state index in [0.717, 1.165) is 40.5 Å². The van der Waals surface area contributed by atoms with Crippen LogP contribution in [0.4, 0.5) is 10.5 Å². The van der Waals surface area contributed by atoms with Crippen LogP contribution in [0, 0.1) is 11.3 Å². The lowest BCUT2D eigenvalue weighted by Gasteiger charge is -2.36. The van der Waals surface area contributed by atoms with Gasteiger partial charge in [-0.1, -0.05) is 0 Å². The van der Waals surface area contributed by atoms with Gasteiger partial charge in [0.05, 0.1) is 22.7 Å². The molecule has 0 saturated carbocycles. The summed E-state index contributed by atoms with van der Waals surface area (Å²) >= 11 is 1.49. The second-order valence-electron chi connectivity index (χ2n) is 6.35. The van der Waals surface area contributed by atoms with Crippen LogP contribution in [-0.2, 0) is 11.2 Å². The number of aromatic nitrogens is 2. The van der Waals surface area contributed by atoms with Gasteiger partial charge in [-0.3, -0.25) is 4.98 Å². The number of hydrogen-bond acceptors (Lipinski definition) is 7. The summed E-state index contributed by atoms with van der Waals surface area (Å²) in [7, 11) is 0. The second kappa shape index (κ2) is 7.37. The zero-order valence-corrected chi connectivity index (χ0v) is 15.8. The zero-order valence-electron chi connectivity index (χ0n) is 15.0. The largest absolute Gasteiger partial charge is 0.450 e. The van der Waals surface area contributed by atoms with Crippen molar-refractivity contribution in [3.8, 4) is 6.07 Å². The number of nitriles is 1. The highest BCUT2D eigenvalue weighted by molar-refractivity contribution is 7.11. The van der Waals surface area contributed by atoms with Gasteiger partial charge in [0, 0.05) is 50.0 Å². The fraction of sp³-hybridized carbons (Fsp3) is 0.368. The molecule has 0 aromatic carbocycles. The first kappa shape index (κ1) is 17.5. The maximum atomic E-state index is 11.9. The number of fused-ring (bicyclic) bond motifs is 1. The summed E-state index contributed by atoms with van der Waals surface area (Å²) < 4.78 is 5.09. The van der Waals surface area contributed by atoms with E-state index >= 15 is 0 Å². The molecule has 0 N–H and O–H groups in total. The standard InChI is InChI=1S/C19H19N5O2S/c1-2-26-19(25)24-7-5-23(6-8-24)17-3-4-21-15-10-13(9-14(15)17)18-16(11-20)22-12-27-18/h3-4,9,12H,2,5-8,10H2,1H3. The van der Waals surface area contributed by atoms with Crippen LogP contribution in [-0.4, -0.2) is 53.7 Å². The summed E-state index contributed by atoms with van der Waals surface area (Å²) in [5.74, 6) is 0. The van der Waals surface area contributed by atoms with Crippen molar-refractivity contribution >= 4 is 34.8 Å². The summed E-state index contributed by atoms with van der Waals surface area (Å²) in [6.07, 6.45) is 4.43. The summed E-state index contributed by atoms with van der Waals surface area (Å²) in [5, 5.41) is 9.25. The molecule has 27 heavy (non-hydrogen) atoms. The van der Waals surface area contributed by atoms with Gasteiger partial charge in [-0.15, -0.1) is 11.3 Å². The zero-order chi connectivity index (χ0) is 18.8. The van der Waals surface area contributed by atoms with Crippen molar-refractivity contribution in [1.29, 1.82) is 5.26 Å². The molecule has 2 aliphatic rings. The van der Waals surface area contributed by atoms with E-state index in [0.29, 0.717) is 31.8 Å². The lowest BCUT2D eigenvalue weighted by atomic mass is 10.1. The molecule has 138 valence electrons. The minimum atomic E-state index is -0.242. The smallest absolute Gasteiger partial charge is 0.409 e. The monoisotopic (exact) mass is 381 g/mol. The van der Waals surface area contributed by atoms with E-state index in [9.17, 15) is 10.1 Å². The van der Waals surface area contributed by atoms with E-state index in [1.54, 1.807) is 10.4 Å². The van der Waals surface area contributed by atoms with E-state index in [2.05, 4.69) is 27.0 Å². The number of allylic oxidation sites excluding steroid dienone is 1. The summed E-state index contributed by atoms with van der Waals surface area (Å²) in [6, 6.07) is 4.19. The highest BCUT2D eigenvalue weighted by Crippen LogP contribution is 2.38. The number of pyridine rings is 1. The molecule has 0 atom stereocenters. The maximum Gasteiger partial charge on any atom is 0.409 e. The van der Waals surface area contributed by atoms with Crippen LogP contribution >= 0.6 is 11.3 Å². The second-order valence-corrected chi connectivity index (χ2v) is 7.21. The minimum absolute atomic E-state index is 0.242. The van der Waals surface area contributed by atoms with Gasteiger partial charge in [0.15, 0.2) is 5.69 Å². The van der Waals surface area contributed by atoms with Crippen molar-refractivity contribution < 1.29 is 9.53 Å². The Morgan fingerprint density at radius 1 is 1.33 bits per heavy atom. The van der Waals surface area contributed by atoms with Crippen molar-refractivity contribution in [3.05, 3.63) is 39.6 Å². The number of rotatable bonds is 3. The van der Waals surface area contributed by atoms with Gasteiger partial charge in [0.25, 0.3) is 0 Å². The van der Waals surface area contributed by atoms with Gasteiger partial charge in [0.1, 0.15) is 6.07 Å². The number of carbonyl (C=O) groups is 1. The number of ether oxygens (including phenoxy) is 1. The van der Waals surface area contributed by atoms with E-state index in [1.165, 1.54) is 11.3 Å². The molecule has 0 radical (unpaired) electrons. The van der Waals surface area contributed by atoms with Gasteiger partial charge in [0.2, 0.25) is 0 Å². The average molecular weight is 381 g/mol. The lowest BCUT2D eigenvalue weighted by molar-refractivity contribution is 0.105. The number of thiazole rings is 1. The molecule has 0 spiro atoms. The lowest BCUT2D eigenvalue weighted by Crippen LogP contribution is -2.49. The van der Waals surface area contributed by atoms with Crippen molar-refractivity contribution in [3.63, 3.8) is 0 Å². The van der Waals surface area contributed by atoms with Crippen LogP contribution in [0.1, 0.15) is 28.8 Å². The van der Waals surface area contributed by atoms with Crippen molar-refractivity contribution in [1.82, 2.24) is 14.9 Å². The summed E-state index contributed by atoms with van der Waals surface area (Å²) in [5.41, 5.74) is 6.53. The first-order chi connectivity index (χ1) is 13.2. The Kier molecular flexibility index (Phi) is 4.77. The molecule has 1 amide bonds. The Labute approximate surface area is 161 Å². The first-order valence-corrected chi connectivity index (χ1v) is 9.78. The van der Waals surface area contributed by atoms with Gasteiger partial charge < -0.3 is 14.5 Å². The molecule has 1 fully saturated rings. The molecule has 2 aromatic rings. The van der Waals surface area contributed by atoms with Crippen LogP contribution in [0.5, 0.6) is 0 Å². The molecule has 0 unspecified atom stereocenters. The number of amides is 1. The molecule has 1 saturated heterocycles. The van der Waals surface area contributed by atoms with Crippen molar-refractivity contribution in [2.75, 3.05) is 37.7 Å². The third kappa shape index (κ3) is 3.26. The quantitative estimate of drug-likeness (QED) is 0.813. The SMILES string of the molecule is CCOC(=O)N1CCN(c2ccnc3c2C=C(c2scnc2C#N)C3)CC1. The topological polar surface area (TPSA) is 82.3 Å². The van der Waals surface area contributed by atoms with Crippen LogP contribution in [0.2, 0.25) is 0 Å². The predicted molar refractivity (Wildman–Crippen MR) is 103 cm³/mol. The molecular formula is C19H19N5O2S. The molecule has 2 aromatic heterocycles. The Morgan fingerprint density at radius 2 is 2.15 bits per heavy atom. The Morgan fingerprint density at radius 3 is 2.89 bits per heavy atom. The molecule has 8 heteroatoms. The maximum absolute atomic E-state index is 11.9. The average Bonchev–Trinajstić information content (AvgIpc) is 3.34. The van der Waals surface area contributed by atoms with E-state index in [-0.39, 0.29) is 6.09 Å². The van der Waals surface area contributed by atoms with Crippen LogP contribution in [0.25, 0.3) is 11.6 Å². The summed E-state index contributed by atoms with van der Waals surface area (Å²) in [6.45, 7) is 5.00. The molecule has 3 heterocycles. The normalized spacial score (nSPS) is 15.9. The Hall–Kier alpha value is -2.92.